The van der Waals surface area contributed by atoms with E-state index in [9.17, 15) is 4.39 Å². The van der Waals surface area contributed by atoms with E-state index in [1.165, 1.54) is 12.1 Å². The van der Waals surface area contributed by atoms with Gasteiger partial charge in [0.05, 0.1) is 13.2 Å². The van der Waals surface area contributed by atoms with Crippen molar-refractivity contribution in [3.63, 3.8) is 0 Å². The van der Waals surface area contributed by atoms with Gasteiger partial charge in [0.1, 0.15) is 5.84 Å². The van der Waals surface area contributed by atoms with Crippen LogP contribution < -0.4 is 10.5 Å². The lowest BCUT2D eigenvalue weighted by Gasteiger charge is -2.11. The van der Waals surface area contributed by atoms with Gasteiger partial charge >= 0.3 is 0 Å². The first kappa shape index (κ1) is 11.9. The highest BCUT2D eigenvalue weighted by Gasteiger charge is 2.17. The van der Waals surface area contributed by atoms with Gasteiger partial charge in [-0.2, -0.15) is 0 Å². The molecule has 1 unspecified atom stereocenters. The van der Waals surface area contributed by atoms with Crippen molar-refractivity contribution in [3.8, 4) is 5.75 Å². The fourth-order valence-electron chi connectivity index (χ4n) is 1.71. The van der Waals surface area contributed by atoms with E-state index < -0.39 is 5.82 Å². The second kappa shape index (κ2) is 5.14. The molecule has 5 heteroatoms. The molecule has 0 aromatic heterocycles. The smallest absolute Gasteiger partial charge is 0.165 e. The molecule has 0 aliphatic carbocycles. The first-order valence-corrected chi connectivity index (χ1v) is 5.51. The molecule has 1 atom stereocenters. The third-order valence-electron chi connectivity index (χ3n) is 2.74. The zero-order chi connectivity index (χ0) is 12.3. The van der Waals surface area contributed by atoms with Gasteiger partial charge in [-0.05, 0) is 24.6 Å². The van der Waals surface area contributed by atoms with E-state index in [1.807, 2.05) is 0 Å². The van der Waals surface area contributed by atoms with Gasteiger partial charge in [0.2, 0.25) is 0 Å². The summed E-state index contributed by atoms with van der Waals surface area (Å²) in [7, 11) is 0. The highest BCUT2D eigenvalue weighted by Crippen LogP contribution is 2.20. The third-order valence-corrected chi connectivity index (χ3v) is 2.74. The maximum Gasteiger partial charge on any atom is 0.165 e. The molecule has 2 rings (SSSR count). The number of rotatable bonds is 4. The molecule has 1 heterocycles. The van der Waals surface area contributed by atoms with Crippen molar-refractivity contribution in [2.24, 2.45) is 11.7 Å². The van der Waals surface area contributed by atoms with Crippen LogP contribution >= 0.6 is 0 Å². The highest BCUT2D eigenvalue weighted by molar-refractivity contribution is 5.95. The van der Waals surface area contributed by atoms with Crippen LogP contribution in [0.5, 0.6) is 5.75 Å². The molecule has 0 bridgehead atoms. The fraction of sp³-hybridized carbons (Fsp3) is 0.417. The molecule has 1 saturated heterocycles. The van der Waals surface area contributed by atoms with Gasteiger partial charge < -0.3 is 15.2 Å². The van der Waals surface area contributed by atoms with E-state index in [4.69, 9.17) is 20.6 Å². The Balaban J connectivity index is 1.98. The van der Waals surface area contributed by atoms with E-state index >= 15 is 0 Å². The van der Waals surface area contributed by atoms with Gasteiger partial charge in [0.25, 0.3) is 0 Å². The summed E-state index contributed by atoms with van der Waals surface area (Å²) in [5, 5.41) is 7.19. The van der Waals surface area contributed by atoms with E-state index in [1.54, 1.807) is 6.07 Å². The second-order valence-corrected chi connectivity index (χ2v) is 4.10. The number of hydrogen-bond donors (Lipinski definition) is 2. The van der Waals surface area contributed by atoms with Crippen LogP contribution in [0.3, 0.4) is 0 Å². The Bertz CT molecular complexity index is 417. The Kier molecular flexibility index (Phi) is 3.58. The van der Waals surface area contributed by atoms with Gasteiger partial charge in [0.15, 0.2) is 11.6 Å². The van der Waals surface area contributed by atoms with Crippen LogP contribution in [0.1, 0.15) is 12.0 Å². The van der Waals surface area contributed by atoms with Crippen molar-refractivity contribution in [2.45, 2.75) is 6.42 Å². The van der Waals surface area contributed by atoms with E-state index in [0.717, 1.165) is 13.0 Å². The van der Waals surface area contributed by atoms with Crippen LogP contribution in [-0.4, -0.2) is 25.7 Å². The minimum absolute atomic E-state index is 0.153. The molecular formula is C12H15FN2O2. The molecule has 0 spiro atoms. The fourth-order valence-corrected chi connectivity index (χ4v) is 1.71. The number of benzene rings is 1. The van der Waals surface area contributed by atoms with Gasteiger partial charge in [-0.15, -0.1) is 0 Å². The Morgan fingerprint density at radius 3 is 3.00 bits per heavy atom. The van der Waals surface area contributed by atoms with Crippen LogP contribution in [-0.2, 0) is 4.74 Å². The molecule has 4 nitrogen and oxygen atoms in total. The number of nitrogen functional groups attached to an aromatic ring is 1. The molecule has 3 N–H and O–H groups in total. The van der Waals surface area contributed by atoms with Gasteiger partial charge in [0, 0.05) is 18.1 Å². The zero-order valence-corrected chi connectivity index (χ0v) is 9.41. The molecule has 17 heavy (non-hydrogen) atoms. The second-order valence-electron chi connectivity index (χ2n) is 4.10. The number of halogens is 1. The number of nitrogens with one attached hydrogen (secondary N) is 1. The summed E-state index contributed by atoms with van der Waals surface area (Å²) in [4.78, 5) is 0. The van der Waals surface area contributed by atoms with Crippen molar-refractivity contribution in [3.05, 3.63) is 29.6 Å². The molecule has 92 valence electrons. The average molecular weight is 238 g/mol. The molecule has 0 saturated carbocycles. The predicted molar refractivity (Wildman–Crippen MR) is 61.8 cm³/mol. The molecule has 1 aromatic carbocycles. The Morgan fingerprint density at radius 2 is 2.41 bits per heavy atom. The zero-order valence-electron chi connectivity index (χ0n) is 9.41. The third kappa shape index (κ3) is 2.94. The SMILES string of the molecule is N=C(N)c1ccc(OCC2CCOC2)c(F)c1. The standard InChI is InChI=1S/C12H15FN2O2/c13-10-5-9(12(14)15)1-2-11(10)17-7-8-3-4-16-6-8/h1-2,5,8H,3-4,6-7H2,(H3,14,15). The number of nitrogens with two attached hydrogens (primary N) is 1. The molecular weight excluding hydrogens is 223 g/mol. The summed E-state index contributed by atoms with van der Waals surface area (Å²) < 4.78 is 24.2. The number of ether oxygens (including phenoxy) is 2. The normalized spacial score (nSPS) is 19.2. The summed E-state index contributed by atoms with van der Waals surface area (Å²) >= 11 is 0. The summed E-state index contributed by atoms with van der Waals surface area (Å²) in [5.41, 5.74) is 5.63. The monoisotopic (exact) mass is 238 g/mol. The van der Waals surface area contributed by atoms with E-state index in [0.29, 0.717) is 24.7 Å². The van der Waals surface area contributed by atoms with E-state index in [-0.39, 0.29) is 11.6 Å². The Labute approximate surface area is 99.0 Å². The van der Waals surface area contributed by atoms with Crippen molar-refractivity contribution in [1.82, 2.24) is 0 Å². The highest BCUT2D eigenvalue weighted by atomic mass is 19.1. The first-order chi connectivity index (χ1) is 8.16. The summed E-state index contributed by atoms with van der Waals surface area (Å²) in [5.74, 6) is -0.111. The lowest BCUT2D eigenvalue weighted by atomic mass is 10.1. The summed E-state index contributed by atoms with van der Waals surface area (Å²) in [6.07, 6.45) is 0.952. The molecule has 1 aromatic rings. The quantitative estimate of drug-likeness (QED) is 0.617. The summed E-state index contributed by atoms with van der Waals surface area (Å²) in [6, 6.07) is 4.29. The predicted octanol–water partition coefficient (Wildman–Crippen LogP) is 1.53. The van der Waals surface area contributed by atoms with E-state index in [2.05, 4.69) is 0 Å². The minimum atomic E-state index is -0.489. The minimum Gasteiger partial charge on any atom is -0.490 e. The van der Waals surface area contributed by atoms with Crippen LogP contribution in [0.2, 0.25) is 0 Å². The first-order valence-electron chi connectivity index (χ1n) is 5.51. The van der Waals surface area contributed by atoms with Crippen molar-refractivity contribution < 1.29 is 13.9 Å². The maximum absolute atomic E-state index is 13.6. The number of hydrogen-bond acceptors (Lipinski definition) is 3. The molecule has 1 aliphatic heterocycles. The lowest BCUT2D eigenvalue weighted by molar-refractivity contribution is 0.165. The largest absolute Gasteiger partial charge is 0.490 e. The van der Waals surface area contributed by atoms with Crippen molar-refractivity contribution in [1.29, 1.82) is 5.41 Å². The van der Waals surface area contributed by atoms with Crippen LogP contribution in [0.15, 0.2) is 18.2 Å². The lowest BCUT2D eigenvalue weighted by Crippen LogP contribution is -2.14. The molecule has 0 radical (unpaired) electrons. The van der Waals surface area contributed by atoms with Crippen LogP contribution in [0, 0.1) is 17.1 Å². The molecule has 0 amide bonds. The van der Waals surface area contributed by atoms with Gasteiger partial charge in [-0.25, -0.2) is 4.39 Å². The Morgan fingerprint density at radius 1 is 1.59 bits per heavy atom. The van der Waals surface area contributed by atoms with Gasteiger partial charge in [-0.3, -0.25) is 5.41 Å². The van der Waals surface area contributed by atoms with Crippen molar-refractivity contribution >= 4 is 5.84 Å². The molecule has 1 fully saturated rings. The Hall–Kier alpha value is -1.62. The van der Waals surface area contributed by atoms with Gasteiger partial charge in [-0.1, -0.05) is 0 Å². The maximum atomic E-state index is 13.6. The van der Waals surface area contributed by atoms with Crippen LogP contribution in [0.4, 0.5) is 4.39 Å². The topological polar surface area (TPSA) is 68.3 Å². The summed E-state index contributed by atoms with van der Waals surface area (Å²) in [6.45, 7) is 1.88. The van der Waals surface area contributed by atoms with Crippen LogP contribution in [0.25, 0.3) is 0 Å². The average Bonchev–Trinajstić information content (AvgIpc) is 2.80. The number of amidine groups is 1. The molecule has 1 aliphatic rings. The van der Waals surface area contributed by atoms with Crippen molar-refractivity contribution in [2.75, 3.05) is 19.8 Å².